The average molecular weight is 233 g/mol. The minimum Gasteiger partial charge on any atom is -0.339 e. The summed E-state index contributed by atoms with van der Waals surface area (Å²) in [4.78, 5) is 23.0. The largest absolute Gasteiger partial charge is 0.339 e. The van der Waals surface area contributed by atoms with Gasteiger partial charge in [0.1, 0.15) is 5.82 Å². The number of hydrogen-bond acceptors (Lipinski definition) is 3. The number of carbonyl (C=O) groups is 1. The van der Waals surface area contributed by atoms with Crippen LogP contribution in [-0.2, 0) is 6.42 Å². The number of aromatic nitrogens is 2. The van der Waals surface area contributed by atoms with E-state index in [1.165, 1.54) is 0 Å². The molecular weight excluding hydrogens is 214 g/mol. The van der Waals surface area contributed by atoms with Crippen LogP contribution in [0, 0.1) is 13.8 Å². The Kier molecular flexibility index (Phi) is 3.41. The highest BCUT2D eigenvalue weighted by atomic mass is 16.2. The van der Waals surface area contributed by atoms with Crippen molar-refractivity contribution in [3.8, 4) is 0 Å². The Hall–Kier alpha value is -1.45. The molecule has 4 nitrogen and oxygen atoms in total. The van der Waals surface area contributed by atoms with E-state index >= 15 is 0 Å². The Bertz CT molecular complexity index is 413. The summed E-state index contributed by atoms with van der Waals surface area (Å²) in [6.07, 6.45) is 3.02. The molecule has 17 heavy (non-hydrogen) atoms. The lowest BCUT2D eigenvalue weighted by Crippen LogP contribution is -2.29. The summed E-state index contributed by atoms with van der Waals surface area (Å²) in [7, 11) is 0. The Balaban J connectivity index is 2.34. The van der Waals surface area contributed by atoms with Gasteiger partial charge in [0.15, 0.2) is 0 Å². The number of amides is 1. The molecule has 1 amide bonds. The molecule has 4 heteroatoms. The summed E-state index contributed by atoms with van der Waals surface area (Å²) in [6, 6.07) is 0. The second kappa shape index (κ2) is 4.82. The third kappa shape index (κ3) is 2.30. The van der Waals surface area contributed by atoms with Gasteiger partial charge in [-0.2, -0.15) is 0 Å². The molecule has 1 aromatic heterocycles. The molecule has 2 rings (SSSR count). The zero-order valence-corrected chi connectivity index (χ0v) is 10.8. The topological polar surface area (TPSA) is 46.1 Å². The molecule has 0 saturated carbocycles. The fourth-order valence-electron chi connectivity index (χ4n) is 2.33. The predicted molar refractivity (Wildman–Crippen MR) is 66.0 cm³/mol. The maximum atomic E-state index is 12.3. The molecule has 1 aliphatic rings. The zero-order chi connectivity index (χ0) is 12.4. The van der Waals surface area contributed by atoms with Crippen LogP contribution in [0.1, 0.15) is 47.3 Å². The third-order valence-corrected chi connectivity index (χ3v) is 3.24. The molecule has 0 atom stereocenters. The summed E-state index contributed by atoms with van der Waals surface area (Å²) in [5.74, 6) is 0.915. The van der Waals surface area contributed by atoms with Gasteiger partial charge < -0.3 is 4.90 Å². The van der Waals surface area contributed by atoms with Gasteiger partial charge in [-0.05, 0) is 26.7 Å². The Labute approximate surface area is 102 Å². The molecule has 2 heterocycles. The molecule has 92 valence electrons. The molecule has 1 saturated heterocycles. The van der Waals surface area contributed by atoms with Gasteiger partial charge >= 0.3 is 0 Å². The van der Waals surface area contributed by atoms with E-state index in [4.69, 9.17) is 0 Å². The van der Waals surface area contributed by atoms with Crippen molar-refractivity contribution in [2.45, 2.75) is 40.0 Å². The van der Waals surface area contributed by atoms with Crippen molar-refractivity contribution in [3.63, 3.8) is 0 Å². The van der Waals surface area contributed by atoms with Crippen molar-refractivity contribution in [2.24, 2.45) is 0 Å². The quantitative estimate of drug-likeness (QED) is 0.783. The van der Waals surface area contributed by atoms with Gasteiger partial charge in [0.05, 0.1) is 17.0 Å². The lowest BCUT2D eigenvalue weighted by Gasteiger charge is -2.17. The van der Waals surface area contributed by atoms with Gasteiger partial charge in [0.25, 0.3) is 5.91 Å². The monoisotopic (exact) mass is 233 g/mol. The van der Waals surface area contributed by atoms with E-state index in [1.807, 2.05) is 25.7 Å². The SMILES string of the molecule is CCc1nc(C)c(C(=O)N2CCCC2)c(C)n1. The molecular formula is C13H19N3O. The smallest absolute Gasteiger partial charge is 0.257 e. The number of carbonyl (C=O) groups excluding carboxylic acids is 1. The Morgan fingerprint density at radius 2 is 1.71 bits per heavy atom. The van der Waals surface area contributed by atoms with Gasteiger partial charge in [-0.1, -0.05) is 6.92 Å². The van der Waals surface area contributed by atoms with Crippen molar-refractivity contribution < 1.29 is 4.79 Å². The van der Waals surface area contributed by atoms with Crippen LogP contribution in [0.3, 0.4) is 0 Å². The van der Waals surface area contributed by atoms with E-state index in [1.54, 1.807) is 0 Å². The number of rotatable bonds is 2. The van der Waals surface area contributed by atoms with E-state index in [2.05, 4.69) is 9.97 Å². The Morgan fingerprint density at radius 1 is 1.18 bits per heavy atom. The van der Waals surface area contributed by atoms with Crippen LogP contribution in [0.5, 0.6) is 0 Å². The first kappa shape index (κ1) is 12.0. The molecule has 1 aromatic rings. The van der Waals surface area contributed by atoms with Crippen molar-refractivity contribution in [2.75, 3.05) is 13.1 Å². The number of hydrogen-bond donors (Lipinski definition) is 0. The van der Waals surface area contributed by atoms with Crippen LogP contribution >= 0.6 is 0 Å². The van der Waals surface area contributed by atoms with Gasteiger partial charge in [-0.3, -0.25) is 4.79 Å². The molecule has 0 spiro atoms. The lowest BCUT2D eigenvalue weighted by atomic mass is 10.1. The second-order valence-corrected chi connectivity index (χ2v) is 4.54. The second-order valence-electron chi connectivity index (χ2n) is 4.54. The van der Waals surface area contributed by atoms with Crippen molar-refractivity contribution >= 4 is 5.91 Å². The van der Waals surface area contributed by atoms with E-state index < -0.39 is 0 Å². The summed E-state index contributed by atoms with van der Waals surface area (Å²) >= 11 is 0. The van der Waals surface area contributed by atoms with Crippen molar-refractivity contribution in [1.29, 1.82) is 0 Å². The molecule has 0 bridgehead atoms. The fraction of sp³-hybridized carbons (Fsp3) is 0.615. The Morgan fingerprint density at radius 3 is 2.18 bits per heavy atom. The van der Waals surface area contributed by atoms with E-state index in [9.17, 15) is 4.79 Å². The highest BCUT2D eigenvalue weighted by Crippen LogP contribution is 2.17. The molecule has 0 aliphatic carbocycles. The normalized spacial score (nSPS) is 15.4. The third-order valence-electron chi connectivity index (χ3n) is 3.24. The summed E-state index contributed by atoms with van der Waals surface area (Å²) < 4.78 is 0. The first-order valence-corrected chi connectivity index (χ1v) is 6.27. The molecule has 1 aliphatic heterocycles. The summed E-state index contributed by atoms with van der Waals surface area (Å²) in [5.41, 5.74) is 2.32. The van der Waals surface area contributed by atoms with Gasteiger partial charge in [-0.15, -0.1) is 0 Å². The summed E-state index contributed by atoms with van der Waals surface area (Å²) in [5, 5.41) is 0. The maximum Gasteiger partial charge on any atom is 0.257 e. The summed E-state index contributed by atoms with van der Waals surface area (Å²) in [6.45, 7) is 7.56. The lowest BCUT2D eigenvalue weighted by molar-refractivity contribution is 0.0790. The van der Waals surface area contributed by atoms with E-state index in [-0.39, 0.29) is 5.91 Å². The van der Waals surface area contributed by atoms with Crippen LogP contribution in [0.15, 0.2) is 0 Å². The van der Waals surface area contributed by atoms with Crippen LogP contribution in [0.4, 0.5) is 0 Å². The highest BCUT2D eigenvalue weighted by molar-refractivity contribution is 5.96. The van der Waals surface area contributed by atoms with Crippen LogP contribution in [-0.4, -0.2) is 33.9 Å². The van der Waals surface area contributed by atoms with Crippen LogP contribution in [0.25, 0.3) is 0 Å². The molecule has 0 radical (unpaired) electrons. The minimum absolute atomic E-state index is 0.0974. The average Bonchev–Trinajstić information content (AvgIpc) is 2.81. The molecule has 0 aromatic carbocycles. The van der Waals surface area contributed by atoms with E-state index in [0.29, 0.717) is 5.56 Å². The van der Waals surface area contributed by atoms with Crippen LogP contribution < -0.4 is 0 Å². The van der Waals surface area contributed by atoms with Gasteiger partial charge in [0.2, 0.25) is 0 Å². The minimum atomic E-state index is 0.0974. The molecule has 0 unspecified atom stereocenters. The van der Waals surface area contributed by atoms with Gasteiger partial charge in [0, 0.05) is 19.5 Å². The predicted octanol–water partition coefficient (Wildman–Crippen LogP) is 1.89. The zero-order valence-electron chi connectivity index (χ0n) is 10.8. The fourth-order valence-corrected chi connectivity index (χ4v) is 2.33. The van der Waals surface area contributed by atoms with Crippen molar-refractivity contribution in [3.05, 3.63) is 22.8 Å². The first-order chi connectivity index (χ1) is 8.13. The number of likely N-dealkylation sites (tertiary alicyclic amines) is 1. The first-order valence-electron chi connectivity index (χ1n) is 6.27. The van der Waals surface area contributed by atoms with E-state index in [0.717, 1.165) is 49.6 Å². The molecule has 0 N–H and O–H groups in total. The van der Waals surface area contributed by atoms with Crippen LogP contribution in [0.2, 0.25) is 0 Å². The maximum absolute atomic E-state index is 12.3. The van der Waals surface area contributed by atoms with Gasteiger partial charge in [-0.25, -0.2) is 9.97 Å². The molecule has 1 fully saturated rings. The number of nitrogens with zero attached hydrogens (tertiary/aromatic N) is 3. The standard InChI is InChI=1S/C13H19N3O/c1-4-11-14-9(2)12(10(3)15-11)13(17)16-7-5-6-8-16/h4-8H2,1-3H3. The highest BCUT2D eigenvalue weighted by Gasteiger charge is 2.23. The van der Waals surface area contributed by atoms with Crippen molar-refractivity contribution in [1.82, 2.24) is 14.9 Å². The number of aryl methyl sites for hydroxylation is 3.